The number of nitrogens with zero attached hydrogens (tertiary/aromatic N) is 1. The Bertz CT molecular complexity index is 470. The summed E-state index contributed by atoms with van der Waals surface area (Å²) in [6, 6.07) is 4.27. The molecule has 0 atom stereocenters. The molecule has 2 aromatic rings. The highest BCUT2D eigenvalue weighted by atomic mass is 79.9. The first-order chi connectivity index (χ1) is 6.18. The monoisotopic (exact) mass is 243 g/mol. The standard InChI is InChI=1S/C9H4BrF2N/c10-6-3-5-1-2-7(11)8(12)9(5)13-4-6/h1-4H. The Morgan fingerprint density at radius 2 is 2.00 bits per heavy atom. The SMILES string of the molecule is Fc1ccc2cc(Br)cnc2c1F. The van der Waals surface area contributed by atoms with Crippen LogP contribution in [0.25, 0.3) is 10.9 Å². The van der Waals surface area contributed by atoms with Crippen molar-refractivity contribution in [2.45, 2.75) is 0 Å². The van der Waals surface area contributed by atoms with Crippen molar-refractivity contribution in [3.63, 3.8) is 0 Å². The Labute approximate surface area is 81.5 Å². The second-order valence-corrected chi connectivity index (χ2v) is 3.50. The van der Waals surface area contributed by atoms with Gasteiger partial charge in [-0.05, 0) is 34.1 Å². The normalized spacial score (nSPS) is 10.7. The summed E-state index contributed by atoms with van der Waals surface area (Å²) < 4.78 is 26.5. The molecule has 0 N–H and O–H groups in total. The Morgan fingerprint density at radius 3 is 2.77 bits per heavy atom. The predicted molar refractivity (Wildman–Crippen MR) is 49.4 cm³/mol. The summed E-state index contributed by atoms with van der Waals surface area (Å²) >= 11 is 3.20. The van der Waals surface area contributed by atoms with Gasteiger partial charge in [0.1, 0.15) is 5.52 Å². The van der Waals surface area contributed by atoms with Crippen LogP contribution < -0.4 is 0 Å². The molecule has 4 heteroatoms. The van der Waals surface area contributed by atoms with E-state index in [0.717, 1.165) is 10.5 Å². The first-order valence-electron chi connectivity index (χ1n) is 3.58. The molecule has 0 amide bonds. The number of halogens is 3. The van der Waals surface area contributed by atoms with E-state index in [9.17, 15) is 8.78 Å². The molecule has 0 aliphatic heterocycles. The van der Waals surface area contributed by atoms with E-state index in [2.05, 4.69) is 20.9 Å². The summed E-state index contributed by atoms with van der Waals surface area (Å²) in [4.78, 5) is 3.78. The number of hydrogen-bond donors (Lipinski definition) is 0. The van der Waals surface area contributed by atoms with E-state index in [4.69, 9.17) is 0 Å². The molecule has 0 aliphatic rings. The highest BCUT2D eigenvalue weighted by molar-refractivity contribution is 9.10. The van der Waals surface area contributed by atoms with Crippen molar-refractivity contribution in [1.29, 1.82) is 0 Å². The molecule has 1 heterocycles. The first-order valence-corrected chi connectivity index (χ1v) is 4.37. The fraction of sp³-hybridized carbons (Fsp3) is 0. The van der Waals surface area contributed by atoms with Crippen LogP contribution in [0.15, 0.2) is 28.9 Å². The van der Waals surface area contributed by atoms with Crippen molar-refractivity contribution in [2.75, 3.05) is 0 Å². The molecule has 1 nitrogen and oxygen atoms in total. The van der Waals surface area contributed by atoms with Crippen molar-refractivity contribution < 1.29 is 8.78 Å². The molecule has 0 bridgehead atoms. The molecule has 0 aliphatic carbocycles. The van der Waals surface area contributed by atoms with Crippen molar-refractivity contribution in [3.05, 3.63) is 40.5 Å². The smallest absolute Gasteiger partial charge is 0.184 e. The molecule has 1 aromatic carbocycles. The Hall–Kier alpha value is -1.03. The minimum atomic E-state index is -0.898. The van der Waals surface area contributed by atoms with Gasteiger partial charge in [-0.2, -0.15) is 0 Å². The molecule has 0 saturated heterocycles. The summed E-state index contributed by atoms with van der Waals surface area (Å²) in [5.74, 6) is -1.77. The van der Waals surface area contributed by atoms with Crippen molar-refractivity contribution >= 4 is 26.8 Å². The lowest BCUT2D eigenvalue weighted by Gasteiger charge is -1.99. The highest BCUT2D eigenvalue weighted by Crippen LogP contribution is 2.21. The summed E-state index contributed by atoms with van der Waals surface area (Å²) in [6.45, 7) is 0. The third-order valence-electron chi connectivity index (χ3n) is 1.71. The molecule has 0 saturated carbocycles. The Morgan fingerprint density at radius 1 is 1.23 bits per heavy atom. The molecule has 66 valence electrons. The van der Waals surface area contributed by atoms with E-state index in [1.54, 1.807) is 6.07 Å². The van der Waals surface area contributed by atoms with Crippen molar-refractivity contribution in [1.82, 2.24) is 4.98 Å². The Kier molecular flexibility index (Phi) is 2.00. The maximum absolute atomic E-state index is 13.1. The molecule has 0 radical (unpaired) electrons. The molecule has 0 unspecified atom stereocenters. The lowest BCUT2D eigenvalue weighted by atomic mass is 10.2. The summed E-state index contributed by atoms with van der Waals surface area (Å²) in [6.07, 6.45) is 1.44. The molecule has 1 aromatic heterocycles. The number of pyridine rings is 1. The third kappa shape index (κ3) is 1.42. The van der Waals surface area contributed by atoms with Gasteiger partial charge in [0.25, 0.3) is 0 Å². The van der Waals surface area contributed by atoms with Crippen molar-refractivity contribution in [2.24, 2.45) is 0 Å². The van der Waals surface area contributed by atoms with Gasteiger partial charge in [0.15, 0.2) is 11.6 Å². The molecule has 0 spiro atoms. The zero-order chi connectivity index (χ0) is 9.42. The minimum Gasteiger partial charge on any atom is -0.252 e. The van der Waals surface area contributed by atoms with Crippen LogP contribution in [0.2, 0.25) is 0 Å². The zero-order valence-corrected chi connectivity index (χ0v) is 7.98. The van der Waals surface area contributed by atoms with E-state index >= 15 is 0 Å². The second kappa shape index (κ2) is 3.03. The van der Waals surface area contributed by atoms with Gasteiger partial charge in [-0.25, -0.2) is 8.78 Å². The maximum Gasteiger partial charge on any atom is 0.184 e. The van der Waals surface area contributed by atoms with Crippen LogP contribution in [0.4, 0.5) is 8.78 Å². The fourth-order valence-corrected chi connectivity index (χ4v) is 1.46. The van der Waals surface area contributed by atoms with Gasteiger partial charge in [-0.1, -0.05) is 0 Å². The fourth-order valence-electron chi connectivity index (χ4n) is 1.11. The minimum absolute atomic E-state index is 0.0585. The van der Waals surface area contributed by atoms with Gasteiger partial charge in [0.05, 0.1) is 0 Å². The molecule has 13 heavy (non-hydrogen) atoms. The number of fused-ring (bicyclic) bond motifs is 1. The van der Waals surface area contributed by atoms with Gasteiger partial charge < -0.3 is 0 Å². The number of aromatic nitrogens is 1. The van der Waals surface area contributed by atoms with E-state index in [1.165, 1.54) is 12.3 Å². The van der Waals surface area contributed by atoms with E-state index in [-0.39, 0.29) is 5.52 Å². The first kappa shape index (κ1) is 8.56. The van der Waals surface area contributed by atoms with Crippen LogP contribution in [0.1, 0.15) is 0 Å². The quantitative estimate of drug-likeness (QED) is 0.692. The molecule has 2 rings (SSSR count). The van der Waals surface area contributed by atoms with Crippen LogP contribution in [-0.4, -0.2) is 4.98 Å². The Balaban J connectivity index is 2.87. The number of benzene rings is 1. The van der Waals surface area contributed by atoms with Gasteiger partial charge in [0, 0.05) is 16.1 Å². The predicted octanol–water partition coefficient (Wildman–Crippen LogP) is 3.28. The lowest BCUT2D eigenvalue weighted by molar-refractivity contribution is 0.515. The summed E-state index contributed by atoms with van der Waals surface area (Å²) in [5, 5.41) is 0.577. The van der Waals surface area contributed by atoms with Crippen LogP contribution in [0, 0.1) is 11.6 Å². The summed E-state index contributed by atoms with van der Waals surface area (Å²) in [7, 11) is 0. The van der Waals surface area contributed by atoms with Gasteiger partial charge in [-0.3, -0.25) is 4.98 Å². The topological polar surface area (TPSA) is 12.9 Å². The van der Waals surface area contributed by atoms with Crippen molar-refractivity contribution in [3.8, 4) is 0 Å². The van der Waals surface area contributed by atoms with Gasteiger partial charge in [-0.15, -0.1) is 0 Å². The average molecular weight is 244 g/mol. The van der Waals surface area contributed by atoms with E-state index in [0.29, 0.717) is 5.39 Å². The van der Waals surface area contributed by atoms with Gasteiger partial charge >= 0.3 is 0 Å². The third-order valence-corrected chi connectivity index (χ3v) is 2.14. The average Bonchev–Trinajstić information content (AvgIpc) is 2.12. The highest BCUT2D eigenvalue weighted by Gasteiger charge is 2.07. The molecule has 0 fully saturated rings. The zero-order valence-electron chi connectivity index (χ0n) is 6.39. The molecular weight excluding hydrogens is 240 g/mol. The van der Waals surface area contributed by atoms with Crippen LogP contribution in [-0.2, 0) is 0 Å². The number of rotatable bonds is 0. The lowest BCUT2D eigenvalue weighted by Crippen LogP contribution is -1.88. The van der Waals surface area contributed by atoms with E-state index in [1.807, 2.05) is 0 Å². The van der Waals surface area contributed by atoms with E-state index < -0.39 is 11.6 Å². The largest absolute Gasteiger partial charge is 0.252 e. The van der Waals surface area contributed by atoms with Crippen LogP contribution in [0.5, 0.6) is 0 Å². The number of hydrogen-bond acceptors (Lipinski definition) is 1. The maximum atomic E-state index is 13.1. The van der Waals surface area contributed by atoms with Crippen LogP contribution in [0.3, 0.4) is 0 Å². The van der Waals surface area contributed by atoms with Gasteiger partial charge in [0.2, 0.25) is 0 Å². The van der Waals surface area contributed by atoms with Crippen LogP contribution >= 0.6 is 15.9 Å². The second-order valence-electron chi connectivity index (χ2n) is 2.59. The molecular formula is C9H4BrF2N. The summed E-state index contributed by atoms with van der Waals surface area (Å²) in [5.41, 5.74) is 0.0585.